The van der Waals surface area contributed by atoms with E-state index in [9.17, 15) is 17.6 Å². The average molecular weight is 299 g/mol. The lowest BCUT2D eigenvalue weighted by molar-refractivity contribution is -0.120. The van der Waals surface area contributed by atoms with E-state index in [0.717, 1.165) is 6.07 Å². The van der Waals surface area contributed by atoms with E-state index in [2.05, 4.69) is 0 Å². The smallest absolute Gasteiger partial charge is 0.243 e. The third-order valence-electron chi connectivity index (χ3n) is 3.83. The average Bonchev–Trinajstić information content (AvgIpc) is 2.41. The molecule has 4 nitrogen and oxygen atoms in total. The van der Waals surface area contributed by atoms with Gasteiger partial charge in [0.2, 0.25) is 10.0 Å². The van der Waals surface area contributed by atoms with Crippen LogP contribution in [0.15, 0.2) is 23.1 Å². The molecule has 1 saturated carbocycles. The second-order valence-corrected chi connectivity index (χ2v) is 7.17. The number of sulfonamides is 1. The van der Waals surface area contributed by atoms with Crippen molar-refractivity contribution in [2.45, 2.75) is 43.5 Å². The number of aryl methyl sites for hydroxylation is 1. The van der Waals surface area contributed by atoms with Crippen molar-refractivity contribution in [1.82, 2.24) is 4.31 Å². The topological polar surface area (TPSA) is 54.5 Å². The molecule has 0 bridgehead atoms. The van der Waals surface area contributed by atoms with Gasteiger partial charge in [-0.2, -0.15) is 4.31 Å². The van der Waals surface area contributed by atoms with Gasteiger partial charge in [-0.05, 0) is 37.5 Å². The van der Waals surface area contributed by atoms with Gasteiger partial charge in [-0.15, -0.1) is 0 Å². The summed E-state index contributed by atoms with van der Waals surface area (Å²) in [5, 5.41) is 0. The van der Waals surface area contributed by atoms with E-state index in [1.54, 1.807) is 6.92 Å². The van der Waals surface area contributed by atoms with E-state index in [1.165, 1.54) is 23.5 Å². The third kappa shape index (κ3) is 2.91. The molecule has 0 aromatic heterocycles. The van der Waals surface area contributed by atoms with Crippen LogP contribution in [0.25, 0.3) is 0 Å². The molecule has 6 heteroatoms. The van der Waals surface area contributed by atoms with Crippen LogP contribution in [-0.2, 0) is 14.8 Å². The first kappa shape index (κ1) is 15.1. The molecular weight excluding hydrogens is 281 g/mol. The highest BCUT2D eigenvalue weighted by Crippen LogP contribution is 2.27. The number of ketones is 1. The van der Waals surface area contributed by atoms with Crippen molar-refractivity contribution in [1.29, 1.82) is 0 Å². The highest BCUT2D eigenvalue weighted by Gasteiger charge is 2.31. The first-order valence-electron chi connectivity index (χ1n) is 6.58. The van der Waals surface area contributed by atoms with Gasteiger partial charge in [0.1, 0.15) is 11.6 Å². The van der Waals surface area contributed by atoms with Gasteiger partial charge in [0.25, 0.3) is 0 Å². The molecule has 2 rings (SSSR count). The summed E-state index contributed by atoms with van der Waals surface area (Å²) in [6.07, 6.45) is 1.88. The lowest BCUT2D eigenvalue weighted by atomic mass is 9.95. The van der Waals surface area contributed by atoms with E-state index < -0.39 is 15.8 Å². The molecule has 1 aromatic rings. The number of carbonyl (C=O) groups is 1. The molecule has 20 heavy (non-hydrogen) atoms. The van der Waals surface area contributed by atoms with Gasteiger partial charge < -0.3 is 0 Å². The van der Waals surface area contributed by atoms with Gasteiger partial charge in [0.05, 0.1) is 4.90 Å². The molecule has 1 aromatic carbocycles. The Morgan fingerprint density at radius 1 is 1.25 bits per heavy atom. The van der Waals surface area contributed by atoms with Crippen molar-refractivity contribution < 1.29 is 17.6 Å². The van der Waals surface area contributed by atoms with Crippen LogP contribution in [0.2, 0.25) is 0 Å². The number of benzene rings is 1. The first-order valence-corrected chi connectivity index (χ1v) is 8.02. The monoisotopic (exact) mass is 299 g/mol. The van der Waals surface area contributed by atoms with Crippen LogP contribution in [-0.4, -0.2) is 31.6 Å². The zero-order valence-electron chi connectivity index (χ0n) is 11.6. The van der Waals surface area contributed by atoms with Gasteiger partial charge in [-0.3, -0.25) is 4.79 Å². The van der Waals surface area contributed by atoms with Crippen molar-refractivity contribution >= 4 is 15.8 Å². The third-order valence-corrected chi connectivity index (χ3v) is 5.89. The molecule has 0 spiro atoms. The molecular formula is C14H18FNO3S. The van der Waals surface area contributed by atoms with Crippen LogP contribution in [0.4, 0.5) is 4.39 Å². The highest BCUT2D eigenvalue weighted by molar-refractivity contribution is 7.89. The Morgan fingerprint density at radius 3 is 2.45 bits per heavy atom. The molecule has 0 unspecified atom stereocenters. The van der Waals surface area contributed by atoms with Gasteiger partial charge in [0, 0.05) is 25.9 Å². The zero-order chi connectivity index (χ0) is 14.9. The minimum atomic E-state index is -3.73. The highest BCUT2D eigenvalue weighted by atomic mass is 32.2. The molecule has 1 aliphatic rings. The molecule has 0 atom stereocenters. The Hall–Kier alpha value is -1.27. The fourth-order valence-corrected chi connectivity index (χ4v) is 4.14. The first-order chi connectivity index (χ1) is 9.32. The second-order valence-electron chi connectivity index (χ2n) is 5.20. The van der Waals surface area contributed by atoms with Crippen molar-refractivity contribution in [3.05, 3.63) is 29.6 Å². The minimum Gasteiger partial charge on any atom is -0.300 e. The molecule has 0 aliphatic heterocycles. The molecule has 0 N–H and O–H groups in total. The molecule has 110 valence electrons. The SMILES string of the molecule is Cc1ccc(F)cc1S(=O)(=O)N(C)C1CCC(=O)CC1. The standard InChI is InChI=1S/C14H18FNO3S/c1-10-3-4-11(15)9-14(10)20(18,19)16(2)12-5-7-13(17)8-6-12/h3-4,9,12H,5-8H2,1-2H3. The van der Waals surface area contributed by atoms with E-state index in [0.29, 0.717) is 31.2 Å². The number of halogens is 1. The predicted molar refractivity (Wildman–Crippen MR) is 73.3 cm³/mol. The normalized spacial score (nSPS) is 17.7. The van der Waals surface area contributed by atoms with Crippen LogP contribution in [0, 0.1) is 12.7 Å². The molecule has 0 heterocycles. The Kier molecular flexibility index (Phi) is 4.25. The summed E-state index contributed by atoms with van der Waals surface area (Å²) >= 11 is 0. The number of rotatable bonds is 3. The maximum Gasteiger partial charge on any atom is 0.243 e. The lowest BCUT2D eigenvalue weighted by Gasteiger charge is -2.30. The number of hydrogen-bond donors (Lipinski definition) is 0. The number of nitrogens with zero attached hydrogens (tertiary/aromatic N) is 1. The van der Waals surface area contributed by atoms with Crippen LogP contribution in [0.5, 0.6) is 0 Å². The second kappa shape index (κ2) is 5.61. The molecule has 1 aliphatic carbocycles. The zero-order valence-corrected chi connectivity index (χ0v) is 12.4. The van der Waals surface area contributed by atoms with E-state index >= 15 is 0 Å². The maximum absolute atomic E-state index is 13.3. The summed E-state index contributed by atoms with van der Waals surface area (Å²) < 4.78 is 39.7. The summed E-state index contributed by atoms with van der Waals surface area (Å²) in [5.74, 6) is -0.393. The van der Waals surface area contributed by atoms with Crippen LogP contribution >= 0.6 is 0 Å². The number of hydrogen-bond acceptors (Lipinski definition) is 3. The van der Waals surface area contributed by atoms with E-state index in [1.807, 2.05) is 0 Å². The Morgan fingerprint density at radius 2 is 1.85 bits per heavy atom. The maximum atomic E-state index is 13.3. The van der Waals surface area contributed by atoms with Crippen molar-refractivity contribution in [3.8, 4) is 0 Å². The lowest BCUT2D eigenvalue weighted by Crippen LogP contribution is -2.39. The van der Waals surface area contributed by atoms with Crippen molar-refractivity contribution in [2.24, 2.45) is 0 Å². The van der Waals surface area contributed by atoms with Crippen LogP contribution < -0.4 is 0 Å². The summed E-state index contributed by atoms with van der Waals surface area (Å²) in [7, 11) is -2.23. The van der Waals surface area contributed by atoms with Gasteiger partial charge in [0.15, 0.2) is 0 Å². The quantitative estimate of drug-likeness (QED) is 0.860. The fraction of sp³-hybridized carbons (Fsp3) is 0.500. The fourth-order valence-electron chi connectivity index (χ4n) is 2.49. The van der Waals surface area contributed by atoms with E-state index in [4.69, 9.17) is 0 Å². The Balaban J connectivity index is 2.30. The van der Waals surface area contributed by atoms with Crippen LogP contribution in [0.1, 0.15) is 31.2 Å². The minimum absolute atomic E-state index is 0.00287. The number of Topliss-reactive ketones (excluding diaryl/α,β-unsaturated/α-hetero) is 1. The van der Waals surface area contributed by atoms with Gasteiger partial charge in [-0.25, -0.2) is 12.8 Å². The van der Waals surface area contributed by atoms with Crippen molar-refractivity contribution in [2.75, 3.05) is 7.05 Å². The Labute approximate surface area is 118 Å². The number of carbonyl (C=O) groups excluding carboxylic acids is 1. The van der Waals surface area contributed by atoms with E-state index in [-0.39, 0.29) is 16.7 Å². The van der Waals surface area contributed by atoms with Gasteiger partial charge in [-0.1, -0.05) is 6.07 Å². The Bertz CT molecular complexity index is 617. The van der Waals surface area contributed by atoms with Gasteiger partial charge >= 0.3 is 0 Å². The summed E-state index contributed by atoms with van der Waals surface area (Å²) in [6, 6.07) is 3.56. The largest absolute Gasteiger partial charge is 0.300 e. The van der Waals surface area contributed by atoms with Crippen LogP contribution in [0.3, 0.4) is 0 Å². The predicted octanol–water partition coefficient (Wildman–Crippen LogP) is 2.27. The summed E-state index contributed by atoms with van der Waals surface area (Å²) in [4.78, 5) is 11.2. The summed E-state index contributed by atoms with van der Waals surface area (Å²) in [5.41, 5.74) is 0.519. The molecule has 0 saturated heterocycles. The molecule has 0 amide bonds. The summed E-state index contributed by atoms with van der Waals surface area (Å²) in [6.45, 7) is 1.64. The molecule has 0 radical (unpaired) electrons. The van der Waals surface area contributed by atoms with Crippen molar-refractivity contribution in [3.63, 3.8) is 0 Å². The molecule has 1 fully saturated rings.